The molecule has 1 aliphatic rings. The Morgan fingerprint density at radius 2 is 2.44 bits per heavy atom. The zero-order valence-electron chi connectivity index (χ0n) is 9.99. The Morgan fingerprint density at radius 1 is 1.50 bits per heavy atom. The maximum atomic E-state index is 5.95. The van der Waals surface area contributed by atoms with Crippen LogP contribution in [0.15, 0.2) is 18.2 Å². The van der Waals surface area contributed by atoms with E-state index in [1.54, 1.807) is 11.3 Å². The van der Waals surface area contributed by atoms with E-state index < -0.39 is 0 Å². The lowest BCUT2D eigenvalue weighted by molar-refractivity contribution is 0.107. The second kappa shape index (κ2) is 5.43. The molecule has 1 unspecified atom stereocenters. The molecule has 0 spiro atoms. The molecule has 96 valence electrons. The minimum absolute atomic E-state index is 0.432. The Balaban J connectivity index is 1.60. The largest absolute Gasteiger partial charge is 0.378 e. The van der Waals surface area contributed by atoms with Crippen LogP contribution in [0.1, 0.15) is 19.3 Å². The fourth-order valence-electron chi connectivity index (χ4n) is 2.19. The third kappa shape index (κ3) is 2.76. The van der Waals surface area contributed by atoms with Crippen LogP contribution in [0.4, 0.5) is 5.13 Å². The molecule has 1 saturated heterocycles. The molecule has 1 fully saturated rings. The SMILES string of the molecule is Clc1ccc2sc(NCCC3CCCO3)nc2c1. The first-order valence-corrected chi connectivity index (χ1v) is 7.42. The average molecular weight is 283 g/mol. The van der Waals surface area contributed by atoms with E-state index in [1.165, 1.54) is 17.5 Å². The number of benzene rings is 1. The topological polar surface area (TPSA) is 34.1 Å². The van der Waals surface area contributed by atoms with Crippen molar-refractivity contribution in [1.29, 1.82) is 0 Å². The van der Waals surface area contributed by atoms with Gasteiger partial charge in [-0.05, 0) is 37.5 Å². The van der Waals surface area contributed by atoms with E-state index in [0.29, 0.717) is 6.10 Å². The smallest absolute Gasteiger partial charge is 0.183 e. The summed E-state index contributed by atoms with van der Waals surface area (Å²) in [5.74, 6) is 0. The number of hydrogen-bond acceptors (Lipinski definition) is 4. The number of nitrogens with one attached hydrogen (secondary N) is 1. The number of halogens is 1. The number of anilines is 1. The molecule has 18 heavy (non-hydrogen) atoms. The van der Waals surface area contributed by atoms with Crippen LogP contribution in [0.5, 0.6) is 0 Å². The van der Waals surface area contributed by atoms with Crippen molar-refractivity contribution in [3.05, 3.63) is 23.2 Å². The van der Waals surface area contributed by atoms with Gasteiger partial charge in [0.15, 0.2) is 5.13 Å². The maximum absolute atomic E-state index is 5.95. The van der Waals surface area contributed by atoms with E-state index in [9.17, 15) is 0 Å². The molecule has 0 aliphatic carbocycles. The monoisotopic (exact) mass is 282 g/mol. The quantitative estimate of drug-likeness (QED) is 0.922. The van der Waals surface area contributed by atoms with Crippen LogP contribution in [-0.2, 0) is 4.74 Å². The summed E-state index contributed by atoms with van der Waals surface area (Å²) in [7, 11) is 0. The van der Waals surface area contributed by atoms with Gasteiger partial charge in [-0.1, -0.05) is 22.9 Å². The number of hydrogen-bond donors (Lipinski definition) is 1. The van der Waals surface area contributed by atoms with E-state index in [2.05, 4.69) is 10.3 Å². The highest BCUT2D eigenvalue weighted by molar-refractivity contribution is 7.22. The molecule has 1 aromatic heterocycles. The van der Waals surface area contributed by atoms with Gasteiger partial charge in [-0.3, -0.25) is 0 Å². The predicted molar refractivity (Wildman–Crippen MR) is 76.7 cm³/mol. The lowest BCUT2D eigenvalue weighted by atomic mass is 10.2. The maximum Gasteiger partial charge on any atom is 0.183 e. The Bertz CT molecular complexity index is 537. The zero-order valence-corrected chi connectivity index (χ0v) is 11.6. The first-order valence-electron chi connectivity index (χ1n) is 6.23. The molecule has 0 amide bonds. The van der Waals surface area contributed by atoms with Gasteiger partial charge in [0.25, 0.3) is 0 Å². The van der Waals surface area contributed by atoms with E-state index in [1.807, 2.05) is 18.2 Å². The van der Waals surface area contributed by atoms with Crippen molar-refractivity contribution in [3.8, 4) is 0 Å². The molecule has 1 aliphatic heterocycles. The van der Waals surface area contributed by atoms with Gasteiger partial charge in [-0.2, -0.15) is 0 Å². The molecule has 3 rings (SSSR count). The van der Waals surface area contributed by atoms with Gasteiger partial charge in [0.2, 0.25) is 0 Å². The summed E-state index contributed by atoms with van der Waals surface area (Å²) in [4.78, 5) is 4.52. The first kappa shape index (κ1) is 12.2. The standard InChI is InChI=1S/C13H15ClN2OS/c14-9-3-4-12-11(8-9)16-13(18-12)15-6-5-10-2-1-7-17-10/h3-4,8,10H,1-2,5-7H2,(H,15,16). The minimum Gasteiger partial charge on any atom is -0.378 e. The average Bonchev–Trinajstić information content (AvgIpc) is 2.97. The van der Waals surface area contributed by atoms with Crippen molar-refractivity contribution >= 4 is 38.3 Å². The molecule has 0 radical (unpaired) electrons. The Kier molecular flexibility index (Phi) is 3.68. The summed E-state index contributed by atoms with van der Waals surface area (Å²) >= 11 is 7.61. The lowest BCUT2D eigenvalue weighted by Gasteiger charge is -2.08. The van der Waals surface area contributed by atoms with Crippen molar-refractivity contribution in [2.24, 2.45) is 0 Å². The highest BCUT2D eigenvalue weighted by Crippen LogP contribution is 2.28. The molecule has 0 saturated carbocycles. The predicted octanol–water partition coefficient (Wildman–Crippen LogP) is 3.93. The number of ether oxygens (including phenoxy) is 1. The van der Waals surface area contributed by atoms with Crippen molar-refractivity contribution in [3.63, 3.8) is 0 Å². The fourth-order valence-corrected chi connectivity index (χ4v) is 3.23. The van der Waals surface area contributed by atoms with Gasteiger partial charge in [0, 0.05) is 18.2 Å². The van der Waals surface area contributed by atoms with Crippen LogP contribution in [0, 0.1) is 0 Å². The summed E-state index contributed by atoms with van der Waals surface area (Å²) in [6.45, 7) is 1.84. The first-order chi connectivity index (χ1) is 8.81. The van der Waals surface area contributed by atoms with Crippen LogP contribution in [0.25, 0.3) is 10.2 Å². The number of aromatic nitrogens is 1. The number of thiazole rings is 1. The Morgan fingerprint density at radius 3 is 3.28 bits per heavy atom. The van der Waals surface area contributed by atoms with Gasteiger partial charge in [0.05, 0.1) is 16.3 Å². The molecule has 1 aromatic carbocycles. The van der Waals surface area contributed by atoms with Crippen LogP contribution in [-0.4, -0.2) is 24.2 Å². The molecular formula is C13H15ClN2OS. The summed E-state index contributed by atoms with van der Waals surface area (Å²) in [5, 5.41) is 5.06. The zero-order chi connectivity index (χ0) is 12.4. The molecule has 1 N–H and O–H groups in total. The van der Waals surface area contributed by atoms with E-state index >= 15 is 0 Å². The summed E-state index contributed by atoms with van der Waals surface area (Å²) in [6, 6.07) is 5.82. The van der Waals surface area contributed by atoms with Gasteiger partial charge < -0.3 is 10.1 Å². The van der Waals surface area contributed by atoms with E-state index in [-0.39, 0.29) is 0 Å². The summed E-state index contributed by atoms with van der Waals surface area (Å²) < 4.78 is 6.76. The molecular weight excluding hydrogens is 268 g/mol. The van der Waals surface area contributed by atoms with Crippen molar-refractivity contribution < 1.29 is 4.74 Å². The number of nitrogens with zero attached hydrogens (tertiary/aromatic N) is 1. The third-order valence-electron chi connectivity index (χ3n) is 3.12. The molecule has 2 aromatic rings. The van der Waals surface area contributed by atoms with Gasteiger partial charge in [0.1, 0.15) is 0 Å². The second-order valence-corrected chi connectivity index (χ2v) is 5.95. The third-order valence-corrected chi connectivity index (χ3v) is 4.35. The van der Waals surface area contributed by atoms with Crippen molar-refractivity contribution in [2.45, 2.75) is 25.4 Å². The fraction of sp³-hybridized carbons (Fsp3) is 0.462. The van der Waals surface area contributed by atoms with Crippen LogP contribution in [0.3, 0.4) is 0 Å². The highest BCUT2D eigenvalue weighted by Gasteiger charge is 2.14. The molecule has 5 heteroatoms. The van der Waals surface area contributed by atoms with Crippen LogP contribution >= 0.6 is 22.9 Å². The highest BCUT2D eigenvalue weighted by atomic mass is 35.5. The molecule has 2 heterocycles. The lowest BCUT2D eigenvalue weighted by Crippen LogP contribution is -2.12. The number of fused-ring (bicyclic) bond motifs is 1. The van der Waals surface area contributed by atoms with Gasteiger partial charge in [-0.15, -0.1) is 0 Å². The molecule has 1 atom stereocenters. The minimum atomic E-state index is 0.432. The molecule has 0 bridgehead atoms. The van der Waals surface area contributed by atoms with Crippen molar-refractivity contribution in [1.82, 2.24) is 4.98 Å². The summed E-state index contributed by atoms with van der Waals surface area (Å²) in [6.07, 6.45) is 3.87. The Labute approximate surface area is 115 Å². The van der Waals surface area contributed by atoms with E-state index in [4.69, 9.17) is 16.3 Å². The summed E-state index contributed by atoms with van der Waals surface area (Å²) in [5.41, 5.74) is 0.965. The van der Waals surface area contributed by atoms with Crippen LogP contribution in [0.2, 0.25) is 5.02 Å². The van der Waals surface area contributed by atoms with Gasteiger partial charge in [-0.25, -0.2) is 4.98 Å². The number of rotatable bonds is 4. The van der Waals surface area contributed by atoms with E-state index in [0.717, 1.165) is 35.2 Å². The Hall–Kier alpha value is -0.840. The van der Waals surface area contributed by atoms with Crippen molar-refractivity contribution in [2.75, 3.05) is 18.5 Å². The van der Waals surface area contributed by atoms with Crippen LogP contribution < -0.4 is 5.32 Å². The normalized spacial score (nSPS) is 19.5. The molecule has 3 nitrogen and oxygen atoms in total. The second-order valence-electron chi connectivity index (χ2n) is 4.48. The van der Waals surface area contributed by atoms with Gasteiger partial charge >= 0.3 is 0 Å².